The van der Waals surface area contributed by atoms with Gasteiger partial charge >= 0.3 is 0 Å². The summed E-state index contributed by atoms with van der Waals surface area (Å²) in [5.74, 6) is 0.471. The molecule has 1 fully saturated rings. The van der Waals surface area contributed by atoms with Crippen molar-refractivity contribution in [1.29, 1.82) is 0 Å². The molecule has 1 aliphatic heterocycles. The van der Waals surface area contributed by atoms with E-state index in [4.69, 9.17) is 27.9 Å². The molecule has 0 aliphatic carbocycles. The highest BCUT2D eigenvalue weighted by Crippen LogP contribution is 2.25. The number of benzene rings is 2. The zero-order valence-electron chi connectivity index (χ0n) is 14.0. The SMILES string of the molecule is O=C(c1ccc(Cl)cc1Cl)N1CCC(COCc2ccccc2)CC1. The first-order valence-electron chi connectivity index (χ1n) is 8.49. The van der Waals surface area contributed by atoms with Crippen molar-refractivity contribution in [3.8, 4) is 0 Å². The minimum absolute atomic E-state index is 0.0229. The summed E-state index contributed by atoms with van der Waals surface area (Å²) < 4.78 is 5.83. The Kier molecular flexibility index (Phi) is 6.35. The van der Waals surface area contributed by atoms with Crippen LogP contribution in [0.1, 0.15) is 28.8 Å². The van der Waals surface area contributed by atoms with E-state index in [1.54, 1.807) is 18.2 Å². The molecule has 1 heterocycles. The quantitative estimate of drug-likeness (QED) is 0.728. The maximum atomic E-state index is 12.6. The van der Waals surface area contributed by atoms with Gasteiger partial charge in [0.1, 0.15) is 0 Å². The van der Waals surface area contributed by atoms with Crippen LogP contribution in [0.25, 0.3) is 0 Å². The zero-order valence-corrected chi connectivity index (χ0v) is 15.5. The number of carbonyl (C=O) groups excluding carboxylic acids is 1. The van der Waals surface area contributed by atoms with Crippen molar-refractivity contribution in [2.45, 2.75) is 19.4 Å². The minimum Gasteiger partial charge on any atom is -0.376 e. The molecular weight excluding hydrogens is 357 g/mol. The number of rotatable bonds is 5. The summed E-state index contributed by atoms with van der Waals surface area (Å²) in [5.41, 5.74) is 1.71. The van der Waals surface area contributed by atoms with E-state index in [0.29, 0.717) is 28.1 Å². The Bertz CT molecular complexity index is 713. The van der Waals surface area contributed by atoms with Crippen LogP contribution >= 0.6 is 23.2 Å². The van der Waals surface area contributed by atoms with Gasteiger partial charge in [-0.15, -0.1) is 0 Å². The summed E-state index contributed by atoms with van der Waals surface area (Å²) in [7, 11) is 0. The lowest BCUT2D eigenvalue weighted by atomic mass is 9.97. The van der Waals surface area contributed by atoms with Crippen molar-refractivity contribution >= 4 is 29.1 Å². The normalized spacial score (nSPS) is 15.4. The lowest BCUT2D eigenvalue weighted by molar-refractivity contribution is 0.0478. The zero-order chi connectivity index (χ0) is 17.6. The van der Waals surface area contributed by atoms with Gasteiger partial charge in [0.25, 0.3) is 5.91 Å². The molecule has 2 aromatic carbocycles. The Labute approximate surface area is 158 Å². The van der Waals surface area contributed by atoms with Gasteiger partial charge in [-0.05, 0) is 42.5 Å². The summed E-state index contributed by atoms with van der Waals surface area (Å²) in [6.45, 7) is 2.84. The third kappa shape index (κ3) is 4.97. The van der Waals surface area contributed by atoms with Crippen LogP contribution < -0.4 is 0 Å². The van der Waals surface area contributed by atoms with Crippen LogP contribution in [0.2, 0.25) is 10.0 Å². The topological polar surface area (TPSA) is 29.5 Å². The molecule has 0 unspecified atom stereocenters. The van der Waals surface area contributed by atoms with Gasteiger partial charge in [-0.2, -0.15) is 0 Å². The molecule has 3 nitrogen and oxygen atoms in total. The molecular formula is C20H21Cl2NO2. The van der Waals surface area contributed by atoms with Crippen LogP contribution in [0, 0.1) is 5.92 Å². The summed E-state index contributed by atoms with van der Waals surface area (Å²) >= 11 is 12.0. The number of amides is 1. The first-order chi connectivity index (χ1) is 12.1. The summed E-state index contributed by atoms with van der Waals surface area (Å²) in [6, 6.07) is 15.2. The highest BCUT2D eigenvalue weighted by molar-refractivity contribution is 6.36. The Hall–Kier alpha value is -1.55. The first-order valence-corrected chi connectivity index (χ1v) is 9.25. The van der Waals surface area contributed by atoms with E-state index in [2.05, 4.69) is 12.1 Å². The molecule has 0 spiro atoms. The fraction of sp³-hybridized carbons (Fsp3) is 0.350. The first kappa shape index (κ1) is 18.2. The van der Waals surface area contributed by atoms with Crippen LogP contribution in [-0.4, -0.2) is 30.5 Å². The lowest BCUT2D eigenvalue weighted by Crippen LogP contribution is -2.39. The van der Waals surface area contributed by atoms with Crippen molar-refractivity contribution in [3.63, 3.8) is 0 Å². The fourth-order valence-corrected chi connectivity index (χ4v) is 3.54. The van der Waals surface area contributed by atoms with Crippen LogP contribution in [0.3, 0.4) is 0 Å². The van der Waals surface area contributed by atoms with Gasteiger partial charge in [-0.25, -0.2) is 0 Å². The molecule has 1 saturated heterocycles. The third-order valence-corrected chi connectivity index (χ3v) is 5.08. The van der Waals surface area contributed by atoms with Crippen LogP contribution in [0.15, 0.2) is 48.5 Å². The number of nitrogens with zero attached hydrogens (tertiary/aromatic N) is 1. The van der Waals surface area contributed by atoms with Crippen LogP contribution in [-0.2, 0) is 11.3 Å². The summed E-state index contributed by atoms with van der Waals surface area (Å²) in [6.07, 6.45) is 1.90. The van der Waals surface area contributed by atoms with E-state index in [9.17, 15) is 4.79 Å². The molecule has 0 bridgehead atoms. The number of likely N-dealkylation sites (tertiary alicyclic amines) is 1. The van der Waals surface area contributed by atoms with Gasteiger partial charge in [0.05, 0.1) is 17.2 Å². The standard InChI is InChI=1S/C20H21Cl2NO2/c21-17-6-7-18(19(22)12-17)20(24)23-10-8-16(9-11-23)14-25-13-15-4-2-1-3-5-15/h1-7,12,16H,8-11,13-14H2. The minimum atomic E-state index is -0.0229. The van der Waals surface area contributed by atoms with Gasteiger partial charge in [0.15, 0.2) is 0 Å². The maximum Gasteiger partial charge on any atom is 0.255 e. The largest absolute Gasteiger partial charge is 0.376 e. The molecule has 25 heavy (non-hydrogen) atoms. The number of hydrogen-bond donors (Lipinski definition) is 0. The highest BCUT2D eigenvalue weighted by Gasteiger charge is 2.25. The van der Waals surface area contributed by atoms with E-state index in [1.807, 2.05) is 23.1 Å². The van der Waals surface area contributed by atoms with Gasteiger partial charge in [0, 0.05) is 24.7 Å². The van der Waals surface area contributed by atoms with Crippen molar-refractivity contribution in [2.75, 3.05) is 19.7 Å². The number of piperidine rings is 1. The highest BCUT2D eigenvalue weighted by atomic mass is 35.5. The molecule has 5 heteroatoms. The van der Waals surface area contributed by atoms with Crippen molar-refractivity contribution in [3.05, 3.63) is 69.7 Å². The molecule has 0 N–H and O–H groups in total. The number of halogens is 2. The van der Waals surface area contributed by atoms with E-state index in [-0.39, 0.29) is 5.91 Å². The summed E-state index contributed by atoms with van der Waals surface area (Å²) in [4.78, 5) is 14.5. The van der Waals surface area contributed by atoms with Gasteiger partial charge in [-0.3, -0.25) is 4.79 Å². The maximum absolute atomic E-state index is 12.6. The molecule has 1 amide bonds. The van der Waals surface area contributed by atoms with Crippen molar-refractivity contribution in [1.82, 2.24) is 4.90 Å². The van der Waals surface area contributed by atoms with E-state index in [1.165, 1.54) is 5.56 Å². The average Bonchev–Trinajstić information content (AvgIpc) is 2.63. The van der Waals surface area contributed by atoms with Crippen LogP contribution in [0.5, 0.6) is 0 Å². The molecule has 132 valence electrons. The molecule has 0 radical (unpaired) electrons. The Balaban J connectivity index is 1.46. The van der Waals surface area contributed by atoms with Gasteiger partial charge in [-0.1, -0.05) is 53.5 Å². The molecule has 2 aromatic rings. The summed E-state index contributed by atoms with van der Waals surface area (Å²) in [5, 5.41) is 0.946. The predicted molar refractivity (Wildman–Crippen MR) is 101 cm³/mol. The van der Waals surface area contributed by atoms with Crippen molar-refractivity contribution in [2.24, 2.45) is 5.92 Å². The number of hydrogen-bond acceptors (Lipinski definition) is 2. The Morgan fingerprint density at radius 3 is 2.48 bits per heavy atom. The monoisotopic (exact) mass is 377 g/mol. The second kappa shape index (κ2) is 8.70. The predicted octanol–water partition coefficient (Wildman–Crippen LogP) is 5.06. The van der Waals surface area contributed by atoms with E-state index in [0.717, 1.165) is 32.5 Å². The second-order valence-corrected chi connectivity index (χ2v) is 7.20. The smallest absolute Gasteiger partial charge is 0.255 e. The molecule has 0 aromatic heterocycles. The molecule has 1 aliphatic rings. The number of carbonyl (C=O) groups is 1. The lowest BCUT2D eigenvalue weighted by Gasteiger charge is -2.32. The van der Waals surface area contributed by atoms with Crippen LogP contribution in [0.4, 0.5) is 0 Å². The Morgan fingerprint density at radius 2 is 1.80 bits per heavy atom. The van der Waals surface area contributed by atoms with E-state index < -0.39 is 0 Å². The van der Waals surface area contributed by atoms with Gasteiger partial charge < -0.3 is 9.64 Å². The second-order valence-electron chi connectivity index (χ2n) is 6.36. The Morgan fingerprint density at radius 1 is 1.08 bits per heavy atom. The number of ether oxygens (including phenoxy) is 1. The average molecular weight is 378 g/mol. The fourth-order valence-electron chi connectivity index (χ4n) is 3.05. The molecule has 3 rings (SSSR count). The molecule has 0 atom stereocenters. The molecule has 0 saturated carbocycles. The van der Waals surface area contributed by atoms with Gasteiger partial charge in [0.2, 0.25) is 0 Å². The van der Waals surface area contributed by atoms with E-state index >= 15 is 0 Å². The van der Waals surface area contributed by atoms with Crippen molar-refractivity contribution < 1.29 is 9.53 Å². The third-order valence-electron chi connectivity index (χ3n) is 4.53.